The molecule has 0 aromatic heterocycles. The van der Waals surface area contributed by atoms with Crippen LogP contribution in [0.2, 0.25) is 5.02 Å². The van der Waals surface area contributed by atoms with Gasteiger partial charge in [0.15, 0.2) is 7.29 Å². The molecular weight excluding hydrogens is 363 g/mol. The summed E-state index contributed by atoms with van der Waals surface area (Å²) >= 11 is 5.92. The molecular formula is C14H17ClF2N3O3P. The predicted octanol–water partition coefficient (Wildman–Crippen LogP) is 3.56. The van der Waals surface area contributed by atoms with Crippen molar-refractivity contribution >= 4 is 42.2 Å². The van der Waals surface area contributed by atoms with Crippen LogP contribution >= 0.6 is 18.9 Å². The maximum absolute atomic E-state index is 14.2. The standard InChI is InChI=1S/C14H17ClF2N3O3P/c1-24(2,23)18-11-7-12(10(17)6-9(11)15)20-13(21)8-19(14(20)22)5-3-4-16/h6-7H,3-5,8H2,1-2H3,(H,18,23). The Hall–Kier alpha value is -1.66. The number of alkyl halides is 1. The Bertz CT molecular complexity index is 725. The molecule has 0 unspecified atom stereocenters. The summed E-state index contributed by atoms with van der Waals surface area (Å²) in [6.45, 7) is 2.11. The van der Waals surface area contributed by atoms with Crippen LogP contribution in [-0.4, -0.2) is 49.9 Å². The fourth-order valence-corrected chi connectivity index (χ4v) is 3.33. The van der Waals surface area contributed by atoms with Crippen molar-refractivity contribution in [3.63, 3.8) is 0 Å². The molecule has 0 bridgehead atoms. The lowest BCUT2D eigenvalue weighted by Gasteiger charge is -2.19. The SMILES string of the molecule is CP(C)(=O)Nc1cc(N2C(=O)CN(CCCF)C2=O)c(F)cc1Cl. The van der Waals surface area contributed by atoms with E-state index in [1.807, 2.05) is 0 Å². The van der Waals surface area contributed by atoms with Crippen LogP contribution in [0.25, 0.3) is 0 Å². The van der Waals surface area contributed by atoms with Gasteiger partial charge >= 0.3 is 6.03 Å². The number of imide groups is 1. The number of hydrogen-bond acceptors (Lipinski definition) is 3. The first-order valence-corrected chi connectivity index (χ1v) is 10.1. The molecule has 1 aliphatic rings. The van der Waals surface area contributed by atoms with Crippen LogP contribution < -0.4 is 9.99 Å². The van der Waals surface area contributed by atoms with E-state index < -0.39 is 31.7 Å². The van der Waals surface area contributed by atoms with E-state index >= 15 is 0 Å². The number of amides is 3. The smallest absolute Gasteiger partial charge is 0.331 e. The zero-order valence-corrected chi connectivity index (χ0v) is 14.8. The largest absolute Gasteiger partial charge is 0.335 e. The first kappa shape index (κ1) is 18.7. The highest BCUT2D eigenvalue weighted by Crippen LogP contribution is 2.41. The van der Waals surface area contributed by atoms with Gasteiger partial charge < -0.3 is 14.6 Å². The molecule has 6 nitrogen and oxygen atoms in total. The number of rotatable bonds is 6. The van der Waals surface area contributed by atoms with E-state index in [0.29, 0.717) is 4.90 Å². The van der Waals surface area contributed by atoms with Gasteiger partial charge in [-0.2, -0.15) is 0 Å². The second-order valence-electron chi connectivity index (χ2n) is 5.72. The summed E-state index contributed by atoms with van der Waals surface area (Å²) in [6.07, 6.45) is 0.0949. The van der Waals surface area contributed by atoms with E-state index in [4.69, 9.17) is 11.6 Å². The molecule has 0 saturated carbocycles. The molecule has 1 fully saturated rings. The average molecular weight is 380 g/mol. The number of carbonyl (C=O) groups is 2. The third kappa shape index (κ3) is 4.05. The Balaban J connectivity index is 2.37. The number of nitrogens with zero attached hydrogens (tertiary/aromatic N) is 2. The van der Waals surface area contributed by atoms with E-state index in [-0.39, 0.29) is 35.9 Å². The molecule has 24 heavy (non-hydrogen) atoms. The lowest BCUT2D eigenvalue weighted by molar-refractivity contribution is -0.116. The molecule has 3 amide bonds. The van der Waals surface area contributed by atoms with Crippen LogP contribution in [0, 0.1) is 5.82 Å². The van der Waals surface area contributed by atoms with Crippen LogP contribution in [0.4, 0.5) is 25.0 Å². The lowest BCUT2D eigenvalue weighted by atomic mass is 10.2. The monoisotopic (exact) mass is 379 g/mol. The van der Waals surface area contributed by atoms with Gasteiger partial charge in [-0.05, 0) is 18.6 Å². The fourth-order valence-electron chi connectivity index (χ4n) is 2.30. The zero-order chi connectivity index (χ0) is 18.1. The minimum absolute atomic E-state index is 0.0199. The molecule has 0 aliphatic carbocycles. The van der Waals surface area contributed by atoms with E-state index in [1.54, 1.807) is 0 Å². The topological polar surface area (TPSA) is 69.7 Å². The van der Waals surface area contributed by atoms with Crippen molar-refractivity contribution in [2.24, 2.45) is 0 Å². The highest BCUT2D eigenvalue weighted by molar-refractivity contribution is 7.63. The Morgan fingerprint density at radius 1 is 1.33 bits per heavy atom. The number of anilines is 2. The third-order valence-corrected chi connectivity index (χ3v) is 4.36. The third-order valence-electron chi connectivity index (χ3n) is 3.27. The Morgan fingerprint density at radius 3 is 2.58 bits per heavy atom. The molecule has 10 heteroatoms. The van der Waals surface area contributed by atoms with Gasteiger partial charge in [0, 0.05) is 19.9 Å². The van der Waals surface area contributed by atoms with Crippen molar-refractivity contribution in [1.82, 2.24) is 4.90 Å². The van der Waals surface area contributed by atoms with Crippen LogP contribution in [0.15, 0.2) is 12.1 Å². The number of hydrogen-bond donors (Lipinski definition) is 1. The van der Waals surface area contributed by atoms with Gasteiger partial charge in [0.2, 0.25) is 0 Å². The van der Waals surface area contributed by atoms with Crippen molar-refractivity contribution in [2.75, 3.05) is 43.1 Å². The van der Waals surface area contributed by atoms with Crippen LogP contribution in [-0.2, 0) is 9.36 Å². The molecule has 1 aromatic rings. The Morgan fingerprint density at radius 2 is 2.00 bits per heavy atom. The van der Waals surface area contributed by atoms with Crippen molar-refractivity contribution in [1.29, 1.82) is 0 Å². The van der Waals surface area contributed by atoms with E-state index in [2.05, 4.69) is 5.09 Å². The second kappa shape index (κ2) is 7.07. The average Bonchev–Trinajstić information content (AvgIpc) is 2.73. The summed E-state index contributed by atoms with van der Waals surface area (Å²) in [6, 6.07) is 1.39. The molecule has 0 spiro atoms. The molecule has 2 rings (SSSR count). The quantitative estimate of drug-likeness (QED) is 0.606. The molecule has 1 aromatic carbocycles. The van der Waals surface area contributed by atoms with Crippen LogP contribution in [0.5, 0.6) is 0 Å². The number of nitrogens with one attached hydrogen (secondary N) is 1. The van der Waals surface area contributed by atoms with Gasteiger partial charge in [-0.25, -0.2) is 14.1 Å². The normalized spacial score (nSPS) is 15.4. The van der Waals surface area contributed by atoms with Gasteiger partial charge in [-0.1, -0.05) is 11.6 Å². The Labute approximate surface area is 143 Å². The minimum Gasteiger partial charge on any atom is -0.335 e. The first-order chi connectivity index (χ1) is 11.1. The lowest BCUT2D eigenvalue weighted by Crippen LogP contribution is -2.34. The first-order valence-electron chi connectivity index (χ1n) is 7.14. The van der Waals surface area contributed by atoms with Gasteiger partial charge in [0.25, 0.3) is 5.91 Å². The molecule has 1 N–H and O–H groups in total. The summed E-state index contributed by atoms with van der Waals surface area (Å²) in [4.78, 5) is 26.2. The number of urea groups is 1. The van der Waals surface area contributed by atoms with E-state index in [1.165, 1.54) is 19.4 Å². The minimum atomic E-state index is -2.74. The molecule has 0 radical (unpaired) electrons. The maximum Gasteiger partial charge on any atom is 0.331 e. The zero-order valence-electron chi connectivity index (χ0n) is 13.2. The van der Waals surface area contributed by atoms with Gasteiger partial charge in [-0.15, -0.1) is 0 Å². The number of benzene rings is 1. The van der Waals surface area contributed by atoms with E-state index in [0.717, 1.165) is 11.0 Å². The summed E-state index contributed by atoms with van der Waals surface area (Å²) in [5.41, 5.74) is -0.127. The van der Waals surface area contributed by atoms with Crippen molar-refractivity contribution in [2.45, 2.75) is 6.42 Å². The van der Waals surface area contributed by atoms with Crippen molar-refractivity contribution < 1.29 is 22.9 Å². The van der Waals surface area contributed by atoms with Gasteiger partial charge in [-0.3, -0.25) is 9.18 Å². The van der Waals surface area contributed by atoms with Crippen molar-refractivity contribution in [3.8, 4) is 0 Å². The van der Waals surface area contributed by atoms with E-state index in [9.17, 15) is 22.9 Å². The maximum atomic E-state index is 14.2. The summed E-state index contributed by atoms with van der Waals surface area (Å²) < 4.78 is 38.4. The molecule has 0 atom stereocenters. The second-order valence-corrected chi connectivity index (χ2v) is 9.05. The predicted molar refractivity (Wildman–Crippen MR) is 89.5 cm³/mol. The fraction of sp³-hybridized carbons (Fsp3) is 0.429. The number of halogens is 3. The van der Waals surface area contributed by atoms with Crippen molar-refractivity contribution in [3.05, 3.63) is 23.0 Å². The highest BCUT2D eigenvalue weighted by atomic mass is 35.5. The summed E-state index contributed by atoms with van der Waals surface area (Å²) in [5.74, 6) is -1.48. The molecule has 132 valence electrons. The van der Waals surface area contributed by atoms with Gasteiger partial charge in [0.1, 0.15) is 12.4 Å². The summed E-state index contributed by atoms with van der Waals surface area (Å²) in [7, 11) is -2.74. The van der Waals surface area contributed by atoms with Crippen LogP contribution in [0.1, 0.15) is 6.42 Å². The van der Waals surface area contributed by atoms with Crippen LogP contribution in [0.3, 0.4) is 0 Å². The Kier molecular flexibility index (Phi) is 5.50. The molecule has 1 saturated heterocycles. The highest BCUT2D eigenvalue weighted by Gasteiger charge is 2.38. The molecule has 1 aliphatic heterocycles. The van der Waals surface area contributed by atoms with Gasteiger partial charge in [0.05, 0.1) is 23.1 Å². The number of carbonyl (C=O) groups excluding carboxylic acids is 2. The summed E-state index contributed by atoms with van der Waals surface area (Å²) in [5, 5.41) is 2.64. The molecule has 1 heterocycles.